The molecule has 1 fully saturated rings. The first-order valence-electron chi connectivity index (χ1n) is 4.74. The zero-order valence-corrected chi connectivity index (χ0v) is 9.34. The van der Waals surface area contributed by atoms with Gasteiger partial charge in [0.05, 0.1) is 0 Å². The quantitative estimate of drug-likeness (QED) is 0.795. The molecule has 1 aromatic rings. The van der Waals surface area contributed by atoms with Crippen LogP contribution in [0.15, 0.2) is 28.7 Å². The van der Waals surface area contributed by atoms with Crippen LogP contribution in [0, 0.1) is 5.92 Å². The fourth-order valence-electron chi connectivity index (χ4n) is 1.86. The molecular weight excluding hydrogens is 226 g/mol. The van der Waals surface area contributed by atoms with Crippen molar-refractivity contribution in [2.24, 2.45) is 5.92 Å². The van der Waals surface area contributed by atoms with E-state index in [1.807, 2.05) is 0 Å². The highest BCUT2D eigenvalue weighted by atomic mass is 79.9. The highest BCUT2D eigenvalue weighted by Crippen LogP contribution is 2.27. The van der Waals surface area contributed by atoms with Crippen LogP contribution in [0.1, 0.15) is 24.9 Å². The van der Waals surface area contributed by atoms with Gasteiger partial charge in [0.25, 0.3) is 0 Å². The molecule has 1 nitrogen and oxygen atoms in total. The van der Waals surface area contributed by atoms with Crippen molar-refractivity contribution in [1.82, 2.24) is 5.32 Å². The highest BCUT2D eigenvalue weighted by Gasteiger charge is 2.21. The molecular formula is C11H14BrN. The SMILES string of the molecule is C[C@H]1CN[C@@H](c2ccc(Br)cc2)C1. The number of nitrogens with one attached hydrogen (secondary N) is 1. The van der Waals surface area contributed by atoms with Gasteiger partial charge in [0.2, 0.25) is 0 Å². The Morgan fingerprint density at radius 3 is 2.54 bits per heavy atom. The van der Waals surface area contributed by atoms with E-state index in [0.29, 0.717) is 6.04 Å². The third-order valence-corrected chi connectivity index (χ3v) is 3.15. The van der Waals surface area contributed by atoms with Gasteiger partial charge < -0.3 is 5.32 Å². The van der Waals surface area contributed by atoms with Crippen molar-refractivity contribution in [2.45, 2.75) is 19.4 Å². The minimum Gasteiger partial charge on any atom is -0.310 e. The van der Waals surface area contributed by atoms with Crippen molar-refractivity contribution in [3.8, 4) is 0 Å². The minimum absolute atomic E-state index is 0.572. The molecule has 70 valence electrons. The van der Waals surface area contributed by atoms with Crippen LogP contribution in [-0.4, -0.2) is 6.54 Å². The van der Waals surface area contributed by atoms with Gasteiger partial charge in [0.1, 0.15) is 0 Å². The summed E-state index contributed by atoms with van der Waals surface area (Å²) in [4.78, 5) is 0. The fraction of sp³-hybridized carbons (Fsp3) is 0.455. The molecule has 2 heteroatoms. The van der Waals surface area contributed by atoms with E-state index < -0.39 is 0 Å². The van der Waals surface area contributed by atoms with Crippen LogP contribution in [0.4, 0.5) is 0 Å². The van der Waals surface area contributed by atoms with E-state index >= 15 is 0 Å². The van der Waals surface area contributed by atoms with Gasteiger partial charge in [-0.15, -0.1) is 0 Å². The summed E-state index contributed by atoms with van der Waals surface area (Å²) in [6.07, 6.45) is 1.27. The van der Waals surface area contributed by atoms with Gasteiger partial charge in [0, 0.05) is 10.5 Å². The second-order valence-corrected chi connectivity index (χ2v) is 4.77. The summed E-state index contributed by atoms with van der Waals surface area (Å²) in [5.41, 5.74) is 1.41. The van der Waals surface area contributed by atoms with Crippen molar-refractivity contribution in [2.75, 3.05) is 6.54 Å². The van der Waals surface area contributed by atoms with Crippen LogP contribution in [0.25, 0.3) is 0 Å². The van der Waals surface area contributed by atoms with E-state index in [1.54, 1.807) is 0 Å². The van der Waals surface area contributed by atoms with Gasteiger partial charge in [0.15, 0.2) is 0 Å². The lowest BCUT2D eigenvalue weighted by molar-refractivity contribution is 0.612. The Bertz CT molecular complexity index is 281. The van der Waals surface area contributed by atoms with Gasteiger partial charge in [-0.05, 0) is 36.6 Å². The van der Waals surface area contributed by atoms with Crippen molar-refractivity contribution < 1.29 is 0 Å². The highest BCUT2D eigenvalue weighted by molar-refractivity contribution is 9.10. The number of rotatable bonds is 1. The Labute approximate surface area is 87.7 Å². The molecule has 13 heavy (non-hydrogen) atoms. The molecule has 0 spiro atoms. The third-order valence-electron chi connectivity index (χ3n) is 2.62. The van der Waals surface area contributed by atoms with Crippen molar-refractivity contribution >= 4 is 15.9 Å². The first kappa shape index (κ1) is 9.22. The first-order chi connectivity index (χ1) is 6.25. The molecule has 1 aliphatic rings. The predicted molar refractivity (Wildman–Crippen MR) is 58.7 cm³/mol. The maximum absolute atomic E-state index is 3.53. The summed E-state index contributed by atoms with van der Waals surface area (Å²) in [5.74, 6) is 0.814. The van der Waals surface area contributed by atoms with Crippen LogP contribution in [0.2, 0.25) is 0 Å². The maximum atomic E-state index is 3.53. The molecule has 1 aliphatic heterocycles. The zero-order valence-electron chi connectivity index (χ0n) is 7.76. The molecule has 1 heterocycles. The molecule has 2 rings (SSSR count). The molecule has 0 radical (unpaired) electrons. The lowest BCUT2D eigenvalue weighted by Gasteiger charge is -2.10. The summed E-state index contributed by atoms with van der Waals surface area (Å²) in [6.45, 7) is 3.45. The minimum atomic E-state index is 0.572. The molecule has 0 bridgehead atoms. The number of benzene rings is 1. The molecule has 0 amide bonds. The molecule has 0 aromatic heterocycles. The standard InChI is InChI=1S/C11H14BrN/c1-8-6-11(13-7-8)9-2-4-10(12)5-3-9/h2-5,8,11,13H,6-7H2,1H3/t8-,11-/m1/s1. The molecule has 0 saturated carbocycles. The summed E-state index contributed by atoms with van der Waals surface area (Å²) in [7, 11) is 0. The summed E-state index contributed by atoms with van der Waals surface area (Å²) in [5, 5.41) is 3.53. The normalized spacial score (nSPS) is 27.8. The molecule has 0 aliphatic carbocycles. The number of halogens is 1. The van der Waals surface area contributed by atoms with E-state index in [0.717, 1.165) is 16.9 Å². The molecule has 1 N–H and O–H groups in total. The van der Waals surface area contributed by atoms with Gasteiger partial charge >= 0.3 is 0 Å². The lowest BCUT2D eigenvalue weighted by atomic mass is 10.0. The second-order valence-electron chi connectivity index (χ2n) is 3.85. The van der Waals surface area contributed by atoms with E-state index in [1.165, 1.54) is 12.0 Å². The smallest absolute Gasteiger partial charge is 0.0323 e. The van der Waals surface area contributed by atoms with Crippen LogP contribution < -0.4 is 5.32 Å². The fourth-order valence-corrected chi connectivity index (χ4v) is 2.13. The van der Waals surface area contributed by atoms with Gasteiger partial charge in [-0.3, -0.25) is 0 Å². The molecule has 1 aromatic carbocycles. The number of hydrogen-bond donors (Lipinski definition) is 1. The lowest BCUT2D eigenvalue weighted by Crippen LogP contribution is -2.13. The monoisotopic (exact) mass is 239 g/mol. The van der Waals surface area contributed by atoms with E-state index in [4.69, 9.17) is 0 Å². The molecule has 1 saturated heterocycles. The van der Waals surface area contributed by atoms with Crippen LogP contribution in [0.3, 0.4) is 0 Å². The molecule has 2 atom stereocenters. The Morgan fingerprint density at radius 1 is 1.31 bits per heavy atom. The Hall–Kier alpha value is -0.340. The topological polar surface area (TPSA) is 12.0 Å². The van der Waals surface area contributed by atoms with Crippen molar-refractivity contribution in [3.63, 3.8) is 0 Å². The van der Waals surface area contributed by atoms with Gasteiger partial charge in [-0.25, -0.2) is 0 Å². The van der Waals surface area contributed by atoms with Crippen molar-refractivity contribution in [1.29, 1.82) is 0 Å². The summed E-state index contributed by atoms with van der Waals surface area (Å²) < 4.78 is 1.15. The second kappa shape index (κ2) is 3.81. The van der Waals surface area contributed by atoms with Crippen molar-refractivity contribution in [3.05, 3.63) is 34.3 Å². The van der Waals surface area contributed by atoms with E-state index in [9.17, 15) is 0 Å². The van der Waals surface area contributed by atoms with Crippen LogP contribution in [-0.2, 0) is 0 Å². The Morgan fingerprint density at radius 2 is 2.00 bits per heavy atom. The van der Waals surface area contributed by atoms with E-state index in [-0.39, 0.29) is 0 Å². The first-order valence-corrected chi connectivity index (χ1v) is 5.54. The molecule has 0 unspecified atom stereocenters. The van der Waals surface area contributed by atoms with Crippen LogP contribution in [0.5, 0.6) is 0 Å². The average molecular weight is 240 g/mol. The van der Waals surface area contributed by atoms with Gasteiger partial charge in [-0.1, -0.05) is 35.0 Å². The predicted octanol–water partition coefficient (Wildman–Crippen LogP) is 3.12. The Kier molecular flexibility index (Phi) is 2.70. The largest absolute Gasteiger partial charge is 0.310 e. The number of hydrogen-bond acceptors (Lipinski definition) is 1. The average Bonchev–Trinajstić information content (AvgIpc) is 2.53. The Balaban J connectivity index is 2.13. The van der Waals surface area contributed by atoms with Crippen LogP contribution >= 0.6 is 15.9 Å². The summed E-state index contributed by atoms with van der Waals surface area (Å²) >= 11 is 3.45. The maximum Gasteiger partial charge on any atom is 0.0323 e. The van der Waals surface area contributed by atoms with Gasteiger partial charge in [-0.2, -0.15) is 0 Å². The van der Waals surface area contributed by atoms with E-state index in [2.05, 4.69) is 52.4 Å². The summed E-state index contributed by atoms with van der Waals surface area (Å²) in [6, 6.07) is 9.18. The zero-order chi connectivity index (χ0) is 9.26. The third kappa shape index (κ3) is 2.12.